The lowest BCUT2D eigenvalue weighted by Crippen LogP contribution is -2.37. The average Bonchev–Trinajstić information content (AvgIpc) is 3.09. The van der Waals surface area contributed by atoms with Gasteiger partial charge in [0, 0.05) is 16.1 Å². The largest absolute Gasteiger partial charge is 0.352 e. The summed E-state index contributed by atoms with van der Waals surface area (Å²) >= 11 is 1.42. The summed E-state index contributed by atoms with van der Waals surface area (Å²) in [6, 6.07) is 18.0. The highest BCUT2D eigenvalue weighted by Gasteiger charge is 2.14. The first-order chi connectivity index (χ1) is 13.6. The second-order valence-electron chi connectivity index (χ2n) is 6.95. The number of carbonyl (C=O) groups excluding carboxylic acids is 1. The van der Waals surface area contributed by atoms with Gasteiger partial charge < -0.3 is 5.32 Å². The maximum absolute atomic E-state index is 12.8. The molecule has 142 valence electrons. The van der Waals surface area contributed by atoms with Gasteiger partial charge in [-0.2, -0.15) is 0 Å². The molecule has 6 heteroatoms. The predicted octanol–water partition coefficient (Wildman–Crippen LogP) is 3.75. The van der Waals surface area contributed by atoms with Crippen molar-refractivity contribution in [2.45, 2.75) is 32.4 Å². The lowest BCUT2D eigenvalue weighted by atomic mass is 10.1. The molecule has 0 spiro atoms. The first kappa shape index (κ1) is 18.4. The summed E-state index contributed by atoms with van der Waals surface area (Å²) < 4.78 is 3.00. The molecule has 0 radical (unpaired) electrons. The maximum Gasteiger partial charge on any atom is 0.271 e. The molecule has 0 aliphatic heterocycles. The number of amides is 1. The van der Waals surface area contributed by atoms with Gasteiger partial charge in [0.2, 0.25) is 5.91 Å². The molecule has 28 heavy (non-hydrogen) atoms. The third-order valence-corrected chi connectivity index (χ3v) is 5.93. The monoisotopic (exact) mass is 391 g/mol. The first-order valence-electron chi connectivity index (χ1n) is 9.32. The van der Waals surface area contributed by atoms with Gasteiger partial charge in [-0.15, -0.1) is 11.3 Å². The van der Waals surface area contributed by atoms with E-state index in [2.05, 4.69) is 22.4 Å². The van der Waals surface area contributed by atoms with Gasteiger partial charge in [0.1, 0.15) is 11.2 Å². The Balaban J connectivity index is 1.44. The second-order valence-corrected chi connectivity index (χ2v) is 8.00. The van der Waals surface area contributed by atoms with E-state index >= 15 is 0 Å². The molecule has 2 aromatic heterocycles. The van der Waals surface area contributed by atoms with Crippen LogP contribution in [0.1, 0.15) is 18.9 Å². The molecule has 0 fully saturated rings. The number of benzene rings is 2. The Morgan fingerprint density at radius 3 is 2.71 bits per heavy atom. The molecule has 1 unspecified atom stereocenters. The Labute approximate surface area is 166 Å². The molecule has 0 saturated carbocycles. The number of hydrogen-bond donors (Lipinski definition) is 1. The molecule has 0 aliphatic rings. The molecule has 4 aromatic rings. The van der Waals surface area contributed by atoms with Crippen LogP contribution in [0.2, 0.25) is 0 Å². The molecule has 1 N–H and O–H groups in total. The molecule has 2 aromatic carbocycles. The zero-order valence-corrected chi connectivity index (χ0v) is 16.4. The first-order valence-corrected chi connectivity index (χ1v) is 10.1. The van der Waals surface area contributed by atoms with E-state index in [0.717, 1.165) is 22.9 Å². The fourth-order valence-electron chi connectivity index (χ4n) is 3.30. The Kier molecular flexibility index (Phi) is 5.21. The van der Waals surface area contributed by atoms with Crippen molar-refractivity contribution >= 4 is 37.5 Å². The summed E-state index contributed by atoms with van der Waals surface area (Å²) in [6.45, 7) is 1.96. The summed E-state index contributed by atoms with van der Waals surface area (Å²) in [6.07, 6.45) is 3.22. The van der Waals surface area contributed by atoms with Crippen molar-refractivity contribution < 1.29 is 4.79 Å². The van der Waals surface area contributed by atoms with Gasteiger partial charge in [0.25, 0.3) is 5.56 Å². The number of rotatable bonds is 6. The van der Waals surface area contributed by atoms with E-state index in [-0.39, 0.29) is 24.1 Å². The minimum Gasteiger partial charge on any atom is -0.352 e. The Bertz CT molecular complexity index is 1180. The van der Waals surface area contributed by atoms with Gasteiger partial charge in [-0.3, -0.25) is 14.2 Å². The standard InChI is InChI=1S/C22H21N3O2S/c1-15(11-12-16-7-3-2-4-8-16)24-19(26)13-25-14-23-20-17-9-5-6-10-18(17)28-21(20)22(25)27/h2-10,14-15H,11-13H2,1H3,(H,24,26). The third kappa shape index (κ3) is 3.82. The summed E-state index contributed by atoms with van der Waals surface area (Å²) in [7, 11) is 0. The lowest BCUT2D eigenvalue weighted by molar-refractivity contribution is -0.122. The fourth-order valence-corrected chi connectivity index (χ4v) is 4.41. The van der Waals surface area contributed by atoms with Crippen LogP contribution >= 0.6 is 11.3 Å². The highest BCUT2D eigenvalue weighted by atomic mass is 32.1. The van der Waals surface area contributed by atoms with E-state index in [1.165, 1.54) is 27.8 Å². The number of carbonyl (C=O) groups is 1. The van der Waals surface area contributed by atoms with Crippen molar-refractivity contribution in [1.29, 1.82) is 0 Å². The van der Waals surface area contributed by atoms with Crippen molar-refractivity contribution in [3.63, 3.8) is 0 Å². The van der Waals surface area contributed by atoms with Crippen LogP contribution in [0.15, 0.2) is 65.7 Å². The van der Waals surface area contributed by atoms with Crippen LogP contribution in [0.25, 0.3) is 20.3 Å². The van der Waals surface area contributed by atoms with E-state index in [0.29, 0.717) is 10.2 Å². The number of fused-ring (bicyclic) bond motifs is 3. The van der Waals surface area contributed by atoms with Crippen LogP contribution in [0, 0.1) is 0 Å². The van der Waals surface area contributed by atoms with Gasteiger partial charge in [-0.1, -0.05) is 48.5 Å². The van der Waals surface area contributed by atoms with Crippen LogP contribution in [0.3, 0.4) is 0 Å². The third-order valence-electron chi connectivity index (χ3n) is 4.78. The SMILES string of the molecule is CC(CCc1ccccc1)NC(=O)Cn1cnc2c(sc3ccccc32)c1=O. The van der Waals surface area contributed by atoms with Gasteiger partial charge >= 0.3 is 0 Å². The van der Waals surface area contributed by atoms with Crippen LogP contribution in [0.4, 0.5) is 0 Å². The quantitative estimate of drug-likeness (QED) is 0.544. The molecule has 2 heterocycles. The normalized spacial score (nSPS) is 12.3. The number of thiophene rings is 1. The molecule has 1 amide bonds. The van der Waals surface area contributed by atoms with E-state index in [1.54, 1.807) is 0 Å². The summed E-state index contributed by atoms with van der Waals surface area (Å²) in [5.41, 5.74) is 1.79. The number of nitrogens with zero attached hydrogens (tertiary/aromatic N) is 2. The fraction of sp³-hybridized carbons (Fsp3) is 0.227. The minimum atomic E-state index is -0.176. The van der Waals surface area contributed by atoms with Crippen LogP contribution in [0.5, 0.6) is 0 Å². The van der Waals surface area contributed by atoms with E-state index in [4.69, 9.17) is 0 Å². The van der Waals surface area contributed by atoms with Crippen molar-refractivity contribution in [2.24, 2.45) is 0 Å². The number of aryl methyl sites for hydroxylation is 1. The summed E-state index contributed by atoms with van der Waals surface area (Å²) in [5, 5.41) is 3.95. The molecule has 0 bridgehead atoms. The molecule has 5 nitrogen and oxygen atoms in total. The zero-order chi connectivity index (χ0) is 19.5. The van der Waals surface area contributed by atoms with E-state index in [9.17, 15) is 9.59 Å². The van der Waals surface area contributed by atoms with Gasteiger partial charge in [0.15, 0.2) is 0 Å². The Hall–Kier alpha value is -2.99. The molecule has 0 aliphatic carbocycles. The number of nitrogens with one attached hydrogen (secondary N) is 1. The highest BCUT2D eigenvalue weighted by Crippen LogP contribution is 2.29. The topological polar surface area (TPSA) is 64.0 Å². The Morgan fingerprint density at radius 1 is 1.14 bits per heavy atom. The average molecular weight is 391 g/mol. The van der Waals surface area contributed by atoms with E-state index < -0.39 is 0 Å². The number of hydrogen-bond acceptors (Lipinski definition) is 4. The highest BCUT2D eigenvalue weighted by molar-refractivity contribution is 7.25. The van der Waals surface area contributed by atoms with Crippen molar-refractivity contribution in [3.05, 3.63) is 76.8 Å². The maximum atomic E-state index is 12.8. The van der Waals surface area contributed by atoms with Crippen LogP contribution in [-0.4, -0.2) is 21.5 Å². The van der Waals surface area contributed by atoms with Gasteiger partial charge in [-0.25, -0.2) is 4.98 Å². The van der Waals surface area contributed by atoms with Crippen LogP contribution in [-0.2, 0) is 17.8 Å². The second kappa shape index (κ2) is 7.94. The summed E-state index contributed by atoms with van der Waals surface area (Å²) in [4.78, 5) is 29.6. The predicted molar refractivity (Wildman–Crippen MR) is 114 cm³/mol. The molecular formula is C22H21N3O2S. The molecule has 1 atom stereocenters. The smallest absolute Gasteiger partial charge is 0.271 e. The van der Waals surface area contributed by atoms with Gasteiger partial charge in [-0.05, 0) is 31.4 Å². The van der Waals surface area contributed by atoms with Gasteiger partial charge in [0.05, 0.1) is 11.8 Å². The Morgan fingerprint density at radius 2 is 1.89 bits per heavy atom. The molecule has 0 saturated heterocycles. The van der Waals surface area contributed by atoms with Crippen molar-refractivity contribution in [1.82, 2.24) is 14.9 Å². The lowest BCUT2D eigenvalue weighted by Gasteiger charge is -2.14. The van der Waals surface area contributed by atoms with Crippen molar-refractivity contribution in [3.8, 4) is 0 Å². The molecule has 4 rings (SSSR count). The minimum absolute atomic E-state index is 0.0221. The van der Waals surface area contributed by atoms with E-state index in [1.807, 2.05) is 49.4 Å². The summed E-state index contributed by atoms with van der Waals surface area (Å²) in [5.74, 6) is -0.176. The molecular weight excluding hydrogens is 370 g/mol. The zero-order valence-electron chi connectivity index (χ0n) is 15.6. The van der Waals surface area contributed by atoms with Crippen molar-refractivity contribution in [2.75, 3.05) is 0 Å². The van der Waals surface area contributed by atoms with Crippen LogP contribution < -0.4 is 10.9 Å². The number of aromatic nitrogens is 2.